The number of anilines is 1. The monoisotopic (exact) mass is 404 g/mol. The van der Waals surface area contributed by atoms with Crippen molar-refractivity contribution in [3.8, 4) is 16.9 Å². The highest BCUT2D eigenvalue weighted by atomic mass is 32.2. The molecule has 0 amide bonds. The van der Waals surface area contributed by atoms with Crippen LogP contribution in [0.3, 0.4) is 0 Å². The Morgan fingerprint density at radius 3 is 2.52 bits per heavy atom. The second kappa shape index (κ2) is 8.49. The average molecular weight is 405 g/mol. The molecule has 0 saturated carbocycles. The molecule has 0 aliphatic heterocycles. The standard InChI is InChI=1S/C23H21FN4S/c1-16(17-6-4-3-5-7-17)26-22-14-20(12-13-25-22)28-15-21(27-23(28)29-2)18-8-10-19(24)11-9-18/h3-16H,1-2H3,(H,25,26). The molecule has 146 valence electrons. The number of nitrogens with zero attached hydrogens (tertiary/aromatic N) is 3. The van der Waals surface area contributed by atoms with Crippen LogP contribution >= 0.6 is 11.8 Å². The lowest BCUT2D eigenvalue weighted by Gasteiger charge is -2.16. The van der Waals surface area contributed by atoms with Crippen molar-refractivity contribution < 1.29 is 4.39 Å². The first-order valence-corrected chi connectivity index (χ1v) is 10.5. The number of nitrogens with one attached hydrogen (secondary N) is 1. The number of benzene rings is 2. The van der Waals surface area contributed by atoms with E-state index < -0.39 is 0 Å². The topological polar surface area (TPSA) is 42.7 Å². The third kappa shape index (κ3) is 4.32. The van der Waals surface area contributed by atoms with Gasteiger partial charge in [0.05, 0.1) is 11.4 Å². The molecular weight excluding hydrogens is 383 g/mol. The Balaban J connectivity index is 1.63. The lowest BCUT2D eigenvalue weighted by Crippen LogP contribution is -2.08. The molecule has 6 heteroatoms. The molecule has 2 aromatic carbocycles. The van der Waals surface area contributed by atoms with E-state index in [1.807, 2.05) is 47.4 Å². The minimum Gasteiger partial charge on any atom is -0.363 e. The Bertz CT molecular complexity index is 1090. The van der Waals surface area contributed by atoms with Gasteiger partial charge in [-0.15, -0.1) is 0 Å². The van der Waals surface area contributed by atoms with Gasteiger partial charge in [0.1, 0.15) is 11.6 Å². The van der Waals surface area contributed by atoms with E-state index in [0.717, 1.165) is 27.9 Å². The maximum absolute atomic E-state index is 13.2. The minimum absolute atomic E-state index is 0.136. The van der Waals surface area contributed by atoms with Crippen LogP contribution in [0.15, 0.2) is 84.3 Å². The van der Waals surface area contributed by atoms with Crippen LogP contribution in [0.5, 0.6) is 0 Å². The van der Waals surface area contributed by atoms with Crippen LogP contribution < -0.4 is 5.32 Å². The van der Waals surface area contributed by atoms with Crippen molar-refractivity contribution in [3.05, 3.63) is 90.5 Å². The van der Waals surface area contributed by atoms with Crippen LogP contribution in [0.1, 0.15) is 18.5 Å². The Hall–Kier alpha value is -3.12. The molecule has 29 heavy (non-hydrogen) atoms. The average Bonchev–Trinajstić information content (AvgIpc) is 3.19. The summed E-state index contributed by atoms with van der Waals surface area (Å²) < 4.78 is 15.3. The molecule has 2 heterocycles. The van der Waals surface area contributed by atoms with Gasteiger partial charge < -0.3 is 5.32 Å². The summed E-state index contributed by atoms with van der Waals surface area (Å²) in [6.07, 6.45) is 5.75. The summed E-state index contributed by atoms with van der Waals surface area (Å²) in [7, 11) is 0. The van der Waals surface area contributed by atoms with Crippen LogP contribution in [0.25, 0.3) is 16.9 Å². The number of aromatic nitrogens is 3. The van der Waals surface area contributed by atoms with Crippen LogP contribution in [-0.2, 0) is 0 Å². The molecule has 0 fully saturated rings. The largest absolute Gasteiger partial charge is 0.363 e. The summed E-state index contributed by atoms with van der Waals surface area (Å²) in [5, 5.41) is 4.32. The third-order valence-electron chi connectivity index (χ3n) is 4.68. The molecule has 0 saturated heterocycles. The van der Waals surface area contributed by atoms with Gasteiger partial charge in [-0.05, 0) is 49.1 Å². The van der Waals surface area contributed by atoms with Crippen molar-refractivity contribution >= 4 is 17.6 Å². The summed E-state index contributed by atoms with van der Waals surface area (Å²) in [4.78, 5) is 9.17. The van der Waals surface area contributed by atoms with Gasteiger partial charge in [0.2, 0.25) is 0 Å². The van der Waals surface area contributed by atoms with Crippen molar-refractivity contribution in [1.82, 2.24) is 14.5 Å². The van der Waals surface area contributed by atoms with E-state index in [-0.39, 0.29) is 11.9 Å². The number of pyridine rings is 1. The molecule has 1 N–H and O–H groups in total. The molecule has 2 aromatic heterocycles. The van der Waals surface area contributed by atoms with E-state index in [2.05, 4.69) is 29.4 Å². The van der Waals surface area contributed by atoms with E-state index in [9.17, 15) is 4.39 Å². The lowest BCUT2D eigenvalue weighted by molar-refractivity contribution is 0.628. The predicted octanol–water partition coefficient (Wildman–Crippen LogP) is 5.97. The number of hydrogen-bond acceptors (Lipinski definition) is 4. The highest BCUT2D eigenvalue weighted by molar-refractivity contribution is 7.98. The summed E-state index contributed by atoms with van der Waals surface area (Å²) in [5.41, 5.74) is 3.85. The molecule has 4 aromatic rings. The van der Waals surface area contributed by atoms with Crippen molar-refractivity contribution in [2.75, 3.05) is 11.6 Å². The molecular formula is C23H21FN4S. The van der Waals surface area contributed by atoms with Crippen LogP contribution in [0.4, 0.5) is 10.2 Å². The van der Waals surface area contributed by atoms with Crippen molar-refractivity contribution in [1.29, 1.82) is 0 Å². The zero-order valence-corrected chi connectivity index (χ0v) is 17.0. The molecule has 1 unspecified atom stereocenters. The smallest absolute Gasteiger partial charge is 0.172 e. The maximum atomic E-state index is 13.2. The van der Waals surface area contributed by atoms with E-state index >= 15 is 0 Å². The molecule has 4 rings (SSSR count). The van der Waals surface area contributed by atoms with Gasteiger partial charge in [0.25, 0.3) is 0 Å². The molecule has 0 bridgehead atoms. The fourth-order valence-electron chi connectivity index (χ4n) is 3.15. The molecule has 0 radical (unpaired) electrons. The number of imidazole rings is 1. The van der Waals surface area contributed by atoms with Crippen LogP contribution in [-0.4, -0.2) is 20.8 Å². The molecule has 1 atom stereocenters. The van der Waals surface area contributed by atoms with Crippen molar-refractivity contribution in [2.45, 2.75) is 18.1 Å². The molecule has 0 aliphatic rings. The first-order chi connectivity index (χ1) is 14.1. The Kier molecular flexibility index (Phi) is 5.62. The van der Waals surface area contributed by atoms with E-state index in [4.69, 9.17) is 4.98 Å². The normalized spacial score (nSPS) is 12.0. The van der Waals surface area contributed by atoms with Gasteiger partial charge in [-0.3, -0.25) is 4.57 Å². The summed E-state index contributed by atoms with van der Waals surface area (Å²) in [6.45, 7) is 2.11. The van der Waals surface area contributed by atoms with Gasteiger partial charge in [-0.25, -0.2) is 14.4 Å². The van der Waals surface area contributed by atoms with Gasteiger partial charge in [0.15, 0.2) is 5.16 Å². The highest BCUT2D eigenvalue weighted by Gasteiger charge is 2.12. The second-order valence-corrected chi connectivity index (χ2v) is 7.44. The fourth-order valence-corrected chi connectivity index (χ4v) is 3.69. The quantitative estimate of drug-likeness (QED) is 0.402. The minimum atomic E-state index is -0.254. The zero-order valence-electron chi connectivity index (χ0n) is 16.2. The molecule has 0 spiro atoms. The number of thioether (sulfide) groups is 1. The Labute approximate surface area is 173 Å². The zero-order chi connectivity index (χ0) is 20.2. The first kappa shape index (κ1) is 19.2. The van der Waals surface area contributed by atoms with E-state index in [0.29, 0.717) is 0 Å². The highest BCUT2D eigenvalue weighted by Crippen LogP contribution is 2.27. The number of hydrogen-bond donors (Lipinski definition) is 1. The maximum Gasteiger partial charge on any atom is 0.172 e. The summed E-state index contributed by atoms with van der Waals surface area (Å²) >= 11 is 1.56. The molecule has 4 nitrogen and oxygen atoms in total. The number of rotatable bonds is 6. The van der Waals surface area contributed by atoms with Crippen LogP contribution in [0, 0.1) is 5.82 Å². The first-order valence-electron chi connectivity index (χ1n) is 9.31. The second-order valence-electron chi connectivity index (χ2n) is 6.67. The van der Waals surface area contributed by atoms with Crippen molar-refractivity contribution in [3.63, 3.8) is 0 Å². The van der Waals surface area contributed by atoms with Crippen LogP contribution in [0.2, 0.25) is 0 Å². The van der Waals surface area contributed by atoms with E-state index in [1.54, 1.807) is 30.1 Å². The third-order valence-corrected chi connectivity index (χ3v) is 5.33. The Morgan fingerprint density at radius 2 is 1.79 bits per heavy atom. The lowest BCUT2D eigenvalue weighted by atomic mass is 10.1. The number of halogens is 1. The Morgan fingerprint density at radius 1 is 1.03 bits per heavy atom. The van der Waals surface area contributed by atoms with Gasteiger partial charge in [-0.2, -0.15) is 0 Å². The predicted molar refractivity (Wildman–Crippen MR) is 117 cm³/mol. The van der Waals surface area contributed by atoms with E-state index in [1.165, 1.54) is 17.7 Å². The summed E-state index contributed by atoms with van der Waals surface area (Å²) in [5.74, 6) is 0.540. The van der Waals surface area contributed by atoms with Gasteiger partial charge in [-0.1, -0.05) is 42.1 Å². The van der Waals surface area contributed by atoms with Crippen molar-refractivity contribution in [2.24, 2.45) is 0 Å². The fraction of sp³-hybridized carbons (Fsp3) is 0.130. The summed E-state index contributed by atoms with van der Waals surface area (Å²) in [6, 6.07) is 20.8. The van der Waals surface area contributed by atoms with Gasteiger partial charge in [0, 0.05) is 30.1 Å². The molecule has 0 aliphatic carbocycles. The van der Waals surface area contributed by atoms with Gasteiger partial charge >= 0.3 is 0 Å². The SMILES string of the molecule is CSc1nc(-c2ccc(F)cc2)cn1-c1ccnc(NC(C)c2ccccc2)c1.